The Morgan fingerprint density at radius 3 is 2.95 bits per heavy atom. The van der Waals surface area contributed by atoms with Crippen LogP contribution in [0.1, 0.15) is 32.6 Å². The molecule has 1 amide bonds. The second-order valence-electron chi connectivity index (χ2n) is 5.16. The van der Waals surface area contributed by atoms with E-state index in [1.165, 1.54) is 19.2 Å². The maximum Gasteiger partial charge on any atom is 0.256 e. The van der Waals surface area contributed by atoms with E-state index in [1.807, 2.05) is 0 Å². The predicted octanol–water partition coefficient (Wildman–Crippen LogP) is 3.15. The van der Waals surface area contributed by atoms with Gasteiger partial charge in [0.1, 0.15) is 17.7 Å². The number of anilines is 1. The molecule has 1 fully saturated rings. The molecule has 1 aliphatic rings. The van der Waals surface area contributed by atoms with Crippen LogP contribution in [-0.4, -0.2) is 32.3 Å². The van der Waals surface area contributed by atoms with Gasteiger partial charge in [-0.1, -0.05) is 26.2 Å². The van der Waals surface area contributed by atoms with Crippen molar-refractivity contribution in [2.24, 2.45) is 0 Å². The van der Waals surface area contributed by atoms with E-state index < -0.39 is 6.10 Å². The molecule has 116 valence electrons. The quantitative estimate of drug-likeness (QED) is 0.757. The molecule has 1 atom stereocenters. The van der Waals surface area contributed by atoms with Crippen LogP contribution in [0, 0.1) is 5.82 Å². The molecule has 5 heteroatoms. The van der Waals surface area contributed by atoms with Crippen LogP contribution in [0.5, 0.6) is 5.75 Å². The zero-order valence-corrected chi connectivity index (χ0v) is 12.6. The molecule has 1 heterocycles. The van der Waals surface area contributed by atoms with Crippen molar-refractivity contribution >= 4 is 11.6 Å². The molecule has 1 aliphatic heterocycles. The van der Waals surface area contributed by atoms with Crippen LogP contribution < -0.4 is 9.64 Å². The lowest BCUT2D eigenvalue weighted by Gasteiger charge is -2.33. The summed E-state index contributed by atoms with van der Waals surface area (Å²) in [6.45, 7) is 3.08. The second kappa shape index (κ2) is 7.41. The van der Waals surface area contributed by atoms with Crippen molar-refractivity contribution in [1.29, 1.82) is 0 Å². The zero-order valence-electron chi connectivity index (χ0n) is 12.6. The minimum absolute atomic E-state index is 0.0674. The summed E-state index contributed by atoms with van der Waals surface area (Å²) in [4.78, 5) is 14.2. The molecule has 0 spiro atoms. The minimum Gasteiger partial charge on any atom is -0.494 e. The Kier molecular flexibility index (Phi) is 5.56. The van der Waals surface area contributed by atoms with E-state index in [1.54, 1.807) is 11.0 Å². The maximum atomic E-state index is 13.3. The van der Waals surface area contributed by atoms with Gasteiger partial charge >= 0.3 is 0 Å². The van der Waals surface area contributed by atoms with Gasteiger partial charge in [0.2, 0.25) is 0 Å². The number of morpholine rings is 1. The number of hydrogen-bond acceptors (Lipinski definition) is 3. The van der Waals surface area contributed by atoms with Crippen LogP contribution in [-0.2, 0) is 9.53 Å². The predicted molar refractivity (Wildman–Crippen MR) is 79.2 cm³/mol. The molecule has 0 bridgehead atoms. The summed E-state index contributed by atoms with van der Waals surface area (Å²) in [6, 6.07) is 4.22. The largest absolute Gasteiger partial charge is 0.494 e. The number of benzene rings is 1. The molecule has 0 N–H and O–H groups in total. The second-order valence-corrected chi connectivity index (χ2v) is 5.16. The van der Waals surface area contributed by atoms with Gasteiger partial charge < -0.3 is 14.4 Å². The van der Waals surface area contributed by atoms with E-state index in [2.05, 4.69) is 6.92 Å². The average molecular weight is 295 g/mol. The van der Waals surface area contributed by atoms with Crippen molar-refractivity contribution in [3.8, 4) is 5.75 Å². The van der Waals surface area contributed by atoms with Crippen molar-refractivity contribution in [3.63, 3.8) is 0 Å². The van der Waals surface area contributed by atoms with Gasteiger partial charge in [0, 0.05) is 12.6 Å². The standard InChI is InChI=1S/C16H22FNO3/c1-3-4-5-6-14-16(19)18(9-10-21-14)13-8-7-12(17)11-15(13)20-2/h7-8,11,14H,3-6,9-10H2,1-2H3. The van der Waals surface area contributed by atoms with Gasteiger partial charge in [-0.3, -0.25) is 4.79 Å². The fourth-order valence-electron chi connectivity index (χ4n) is 2.54. The summed E-state index contributed by atoms with van der Waals surface area (Å²) in [6.07, 6.45) is 3.50. The Morgan fingerprint density at radius 1 is 1.43 bits per heavy atom. The highest BCUT2D eigenvalue weighted by Gasteiger charge is 2.31. The monoisotopic (exact) mass is 295 g/mol. The third kappa shape index (κ3) is 3.73. The zero-order chi connectivity index (χ0) is 15.2. The highest BCUT2D eigenvalue weighted by Crippen LogP contribution is 2.31. The number of hydrogen-bond donors (Lipinski definition) is 0. The molecule has 0 aliphatic carbocycles. The topological polar surface area (TPSA) is 38.8 Å². The van der Waals surface area contributed by atoms with E-state index in [0.29, 0.717) is 24.6 Å². The fraction of sp³-hybridized carbons (Fsp3) is 0.562. The fourth-order valence-corrected chi connectivity index (χ4v) is 2.54. The summed E-state index contributed by atoms with van der Waals surface area (Å²) >= 11 is 0. The average Bonchev–Trinajstić information content (AvgIpc) is 2.49. The number of amides is 1. The van der Waals surface area contributed by atoms with Crippen LogP contribution in [0.25, 0.3) is 0 Å². The summed E-state index contributed by atoms with van der Waals surface area (Å²) in [5, 5.41) is 0. The van der Waals surface area contributed by atoms with Crippen LogP contribution in [0.4, 0.5) is 10.1 Å². The van der Waals surface area contributed by atoms with Crippen molar-refractivity contribution in [2.45, 2.75) is 38.7 Å². The first-order valence-corrected chi connectivity index (χ1v) is 7.44. The van der Waals surface area contributed by atoms with Crippen LogP contribution in [0.2, 0.25) is 0 Å². The normalized spacial score (nSPS) is 18.9. The first kappa shape index (κ1) is 15.8. The lowest BCUT2D eigenvalue weighted by molar-refractivity contribution is -0.134. The first-order chi connectivity index (χ1) is 10.2. The molecule has 4 nitrogen and oxygen atoms in total. The molecule has 0 aromatic heterocycles. The summed E-state index contributed by atoms with van der Waals surface area (Å²) in [7, 11) is 1.47. The van der Waals surface area contributed by atoms with Gasteiger partial charge in [0.05, 0.1) is 19.4 Å². The third-order valence-electron chi connectivity index (χ3n) is 3.68. The van der Waals surface area contributed by atoms with Crippen LogP contribution in [0.15, 0.2) is 18.2 Å². The number of ether oxygens (including phenoxy) is 2. The lowest BCUT2D eigenvalue weighted by Crippen LogP contribution is -2.48. The minimum atomic E-state index is -0.403. The van der Waals surface area contributed by atoms with E-state index in [9.17, 15) is 9.18 Å². The van der Waals surface area contributed by atoms with Gasteiger partial charge in [-0.05, 0) is 18.6 Å². The summed E-state index contributed by atoms with van der Waals surface area (Å²) in [5.41, 5.74) is 0.604. The molecule has 21 heavy (non-hydrogen) atoms. The SMILES string of the molecule is CCCCCC1OCCN(c2ccc(F)cc2OC)C1=O. The molecule has 1 aromatic rings. The summed E-state index contributed by atoms with van der Waals surface area (Å²) in [5.74, 6) is -0.0735. The smallest absolute Gasteiger partial charge is 0.256 e. The van der Waals surface area contributed by atoms with Crippen molar-refractivity contribution < 1.29 is 18.7 Å². The van der Waals surface area contributed by atoms with Crippen molar-refractivity contribution in [2.75, 3.05) is 25.2 Å². The number of rotatable bonds is 6. The molecule has 1 aromatic carbocycles. The number of nitrogens with zero attached hydrogens (tertiary/aromatic N) is 1. The van der Waals surface area contributed by atoms with Gasteiger partial charge in [-0.25, -0.2) is 4.39 Å². The van der Waals surface area contributed by atoms with Crippen molar-refractivity contribution in [3.05, 3.63) is 24.0 Å². The molecular formula is C16H22FNO3. The maximum absolute atomic E-state index is 13.3. The van der Waals surface area contributed by atoms with Gasteiger partial charge in [0.25, 0.3) is 5.91 Å². The Labute approximate surface area is 124 Å². The molecule has 1 saturated heterocycles. The van der Waals surface area contributed by atoms with E-state index >= 15 is 0 Å². The molecule has 2 rings (SSSR count). The Balaban J connectivity index is 2.14. The lowest BCUT2D eigenvalue weighted by atomic mass is 10.1. The summed E-state index contributed by atoms with van der Waals surface area (Å²) < 4.78 is 24.0. The highest BCUT2D eigenvalue weighted by atomic mass is 19.1. The van der Waals surface area contributed by atoms with Gasteiger partial charge in [-0.2, -0.15) is 0 Å². The number of unbranched alkanes of at least 4 members (excludes halogenated alkanes) is 2. The van der Waals surface area contributed by atoms with Crippen molar-refractivity contribution in [1.82, 2.24) is 0 Å². The van der Waals surface area contributed by atoms with Gasteiger partial charge in [-0.15, -0.1) is 0 Å². The van der Waals surface area contributed by atoms with E-state index in [-0.39, 0.29) is 11.7 Å². The third-order valence-corrected chi connectivity index (χ3v) is 3.68. The molecular weight excluding hydrogens is 273 g/mol. The number of carbonyl (C=O) groups is 1. The molecule has 0 saturated carbocycles. The van der Waals surface area contributed by atoms with E-state index in [0.717, 1.165) is 25.7 Å². The van der Waals surface area contributed by atoms with Crippen LogP contribution in [0.3, 0.4) is 0 Å². The Bertz CT molecular complexity index is 492. The Morgan fingerprint density at radius 2 is 2.24 bits per heavy atom. The molecule has 1 unspecified atom stereocenters. The van der Waals surface area contributed by atoms with E-state index in [4.69, 9.17) is 9.47 Å². The van der Waals surface area contributed by atoms with Gasteiger partial charge in [0.15, 0.2) is 0 Å². The number of halogens is 1. The Hall–Kier alpha value is -1.62. The number of methoxy groups -OCH3 is 1. The number of carbonyl (C=O) groups excluding carboxylic acids is 1. The highest BCUT2D eigenvalue weighted by molar-refractivity contribution is 5.98. The van der Waals surface area contributed by atoms with Crippen LogP contribution >= 0.6 is 0 Å². The molecule has 0 radical (unpaired) electrons. The first-order valence-electron chi connectivity index (χ1n) is 7.44.